The monoisotopic (exact) mass is 284 g/mol. The van der Waals surface area contributed by atoms with Crippen LogP contribution in [-0.2, 0) is 0 Å². The van der Waals surface area contributed by atoms with Gasteiger partial charge < -0.3 is 5.32 Å². The van der Waals surface area contributed by atoms with Gasteiger partial charge in [-0.2, -0.15) is 5.26 Å². The number of nitrogens with one attached hydrogen (secondary N) is 1. The lowest BCUT2D eigenvalue weighted by molar-refractivity contribution is 0.101. The molecule has 2 rings (SSSR count). The van der Waals surface area contributed by atoms with Crippen LogP contribution in [-0.4, -0.2) is 12.3 Å². The van der Waals surface area contributed by atoms with E-state index >= 15 is 0 Å². The highest BCUT2D eigenvalue weighted by molar-refractivity contribution is 7.10. The third-order valence-electron chi connectivity index (χ3n) is 3.16. The van der Waals surface area contributed by atoms with E-state index in [1.54, 1.807) is 29.5 Å². The molecule has 0 aliphatic rings. The van der Waals surface area contributed by atoms with Crippen LogP contribution in [0.4, 0.5) is 5.69 Å². The van der Waals surface area contributed by atoms with Crippen LogP contribution in [0.1, 0.15) is 40.6 Å². The lowest BCUT2D eigenvalue weighted by Gasteiger charge is -2.14. The Morgan fingerprint density at radius 2 is 2.25 bits per heavy atom. The van der Waals surface area contributed by atoms with Gasteiger partial charge in [0, 0.05) is 28.6 Å². The molecule has 3 nitrogen and oxygen atoms in total. The number of carbonyl (C=O) groups is 1. The minimum absolute atomic E-state index is 0.000710. The molecule has 0 saturated heterocycles. The number of benzene rings is 1. The summed E-state index contributed by atoms with van der Waals surface area (Å²) >= 11 is 1.73. The van der Waals surface area contributed by atoms with Crippen LogP contribution in [0.3, 0.4) is 0 Å². The lowest BCUT2D eigenvalue weighted by atomic mass is 10.1. The average molecular weight is 284 g/mol. The number of hydrogen-bond donors (Lipinski definition) is 1. The Bertz CT molecular complexity index is 641. The molecule has 0 aliphatic carbocycles. The summed E-state index contributed by atoms with van der Waals surface area (Å²) in [5.41, 5.74) is 1.92. The van der Waals surface area contributed by atoms with Crippen molar-refractivity contribution in [2.45, 2.75) is 19.8 Å². The van der Waals surface area contributed by atoms with Crippen molar-refractivity contribution in [1.29, 1.82) is 5.26 Å². The Labute approximate surface area is 122 Å². The molecule has 4 heteroatoms. The molecule has 1 N–H and O–H groups in total. The second-order valence-electron chi connectivity index (χ2n) is 4.73. The molecule has 1 unspecified atom stereocenters. The first kappa shape index (κ1) is 14.3. The number of nitrogens with zero attached hydrogens (tertiary/aromatic N) is 1. The summed E-state index contributed by atoms with van der Waals surface area (Å²) in [5.74, 6) is 0.362. The molecular weight excluding hydrogens is 268 g/mol. The van der Waals surface area contributed by atoms with Crippen molar-refractivity contribution in [1.82, 2.24) is 0 Å². The molecule has 1 aromatic carbocycles. The number of thiophene rings is 1. The van der Waals surface area contributed by atoms with Crippen molar-refractivity contribution < 1.29 is 4.79 Å². The van der Waals surface area contributed by atoms with Crippen LogP contribution in [0, 0.1) is 11.3 Å². The number of anilines is 1. The van der Waals surface area contributed by atoms with Gasteiger partial charge in [0.15, 0.2) is 5.78 Å². The molecule has 0 saturated carbocycles. The molecule has 1 heterocycles. The average Bonchev–Trinajstić information content (AvgIpc) is 2.98. The quantitative estimate of drug-likeness (QED) is 0.843. The van der Waals surface area contributed by atoms with E-state index in [1.165, 1.54) is 11.8 Å². The highest BCUT2D eigenvalue weighted by Gasteiger charge is 2.11. The van der Waals surface area contributed by atoms with Crippen molar-refractivity contribution in [3.05, 3.63) is 51.7 Å². The van der Waals surface area contributed by atoms with E-state index < -0.39 is 0 Å². The van der Waals surface area contributed by atoms with E-state index in [1.807, 2.05) is 6.07 Å². The first-order valence-electron chi connectivity index (χ1n) is 6.44. The molecule has 1 aromatic heterocycles. The van der Waals surface area contributed by atoms with Gasteiger partial charge >= 0.3 is 0 Å². The molecule has 2 aromatic rings. The van der Waals surface area contributed by atoms with Crippen LogP contribution in [0.15, 0.2) is 35.7 Å². The summed E-state index contributed by atoms with van der Waals surface area (Å²) in [4.78, 5) is 12.9. The molecule has 102 valence electrons. The molecule has 1 atom stereocenters. The van der Waals surface area contributed by atoms with Crippen molar-refractivity contribution in [3.8, 4) is 6.07 Å². The summed E-state index contributed by atoms with van der Waals surface area (Å²) < 4.78 is 0. The summed E-state index contributed by atoms with van der Waals surface area (Å²) in [6.45, 7) is 4.41. The summed E-state index contributed by atoms with van der Waals surface area (Å²) in [6, 6.07) is 11.4. The topological polar surface area (TPSA) is 52.9 Å². The fraction of sp³-hybridized carbons (Fsp3) is 0.250. The molecule has 0 bridgehead atoms. The minimum Gasteiger partial charge on any atom is -0.384 e. The van der Waals surface area contributed by atoms with Gasteiger partial charge in [0.2, 0.25) is 0 Å². The maximum absolute atomic E-state index is 11.6. The first-order valence-corrected chi connectivity index (χ1v) is 7.32. The van der Waals surface area contributed by atoms with E-state index in [0.717, 1.165) is 12.2 Å². The molecule has 0 fully saturated rings. The van der Waals surface area contributed by atoms with E-state index in [2.05, 4.69) is 29.8 Å². The second kappa shape index (κ2) is 6.36. The van der Waals surface area contributed by atoms with Gasteiger partial charge in [0.05, 0.1) is 11.6 Å². The normalized spacial score (nSPS) is 11.7. The van der Waals surface area contributed by atoms with Crippen LogP contribution in [0.2, 0.25) is 0 Å². The highest BCUT2D eigenvalue weighted by atomic mass is 32.1. The second-order valence-corrected chi connectivity index (χ2v) is 5.70. The molecular formula is C16H16N2OS. The van der Waals surface area contributed by atoms with Crippen molar-refractivity contribution in [3.63, 3.8) is 0 Å². The van der Waals surface area contributed by atoms with Gasteiger partial charge in [-0.3, -0.25) is 4.79 Å². The SMILES string of the molecule is CC(=O)c1ccc(C#N)cc1NCC(C)c1cccs1. The summed E-state index contributed by atoms with van der Waals surface area (Å²) in [5, 5.41) is 14.3. The maximum atomic E-state index is 11.6. The number of carbonyl (C=O) groups excluding carboxylic acids is 1. The minimum atomic E-state index is 0.000710. The van der Waals surface area contributed by atoms with E-state index in [-0.39, 0.29) is 5.78 Å². The molecule has 20 heavy (non-hydrogen) atoms. The maximum Gasteiger partial charge on any atom is 0.161 e. The zero-order valence-electron chi connectivity index (χ0n) is 11.5. The third-order valence-corrected chi connectivity index (χ3v) is 4.26. The highest BCUT2D eigenvalue weighted by Crippen LogP contribution is 2.23. The number of nitriles is 1. The standard InChI is InChI=1S/C16H16N2OS/c1-11(16-4-3-7-20-16)10-18-15-8-13(9-17)5-6-14(15)12(2)19/h3-8,11,18H,10H2,1-2H3. The molecule has 0 radical (unpaired) electrons. The van der Waals surface area contributed by atoms with E-state index in [9.17, 15) is 4.79 Å². The van der Waals surface area contributed by atoms with Gasteiger partial charge in [-0.1, -0.05) is 13.0 Å². The van der Waals surface area contributed by atoms with Crippen molar-refractivity contribution in [2.24, 2.45) is 0 Å². The third kappa shape index (κ3) is 3.25. The van der Waals surface area contributed by atoms with Crippen LogP contribution >= 0.6 is 11.3 Å². The van der Waals surface area contributed by atoms with Gasteiger partial charge in [-0.05, 0) is 36.6 Å². The van der Waals surface area contributed by atoms with Crippen molar-refractivity contribution >= 4 is 22.8 Å². The van der Waals surface area contributed by atoms with Crippen LogP contribution in [0.5, 0.6) is 0 Å². The predicted molar refractivity (Wildman–Crippen MR) is 82.4 cm³/mol. The Kier molecular flexibility index (Phi) is 4.54. The number of rotatable bonds is 5. The van der Waals surface area contributed by atoms with Crippen LogP contribution < -0.4 is 5.32 Å². The Hall–Kier alpha value is -2.12. The fourth-order valence-corrected chi connectivity index (χ4v) is 2.79. The van der Waals surface area contributed by atoms with Gasteiger partial charge in [0.25, 0.3) is 0 Å². The fourth-order valence-electron chi connectivity index (χ4n) is 2.00. The lowest BCUT2D eigenvalue weighted by Crippen LogP contribution is -2.11. The zero-order chi connectivity index (χ0) is 14.5. The number of Topliss-reactive ketones (excluding diaryl/α,β-unsaturated/α-hetero) is 1. The molecule has 0 spiro atoms. The number of hydrogen-bond acceptors (Lipinski definition) is 4. The summed E-state index contributed by atoms with van der Waals surface area (Å²) in [6.07, 6.45) is 0. The smallest absolute Gasteiger partial charge is 0.161 e. The molecule has 0 aliphatic heterocycles. The molecule has 0 amide bonds. The predicted octanol–water partition coefficient (Wildman–Crippen LogP) is 4.04. The zero-order valence-corrected chi connectivity index (χ0v) is 12.3. The van der Waals surface area contributed by atoms with Gasteiger partial charge in [-0.25, -0.2) is 0 Å². The summed E-state index contributed by atoms with van der Waals surface area (Å²) in [7, 11) is 0. The van der Waals surface area contributed by atoms with Crippen molar-refractivity contribution in [2.75, 3.05) is 11.9 Å². The largest absolute Gasteiger partial charge is 0.384 e. The van der Waals surface area contributed by atoms with E-state index in [0.29, 0.717) is 17.0 Å². The Morgan fingerprint density at radius 1 is 1.45 bits per heavy atom. The van der Waals surface area contributed by atoms with Crippen LogP contribution in [0.25, 0.3) is 0 Å². The Balaban J connectivity index is 2.16. The first-order chi connectivity index (χ1) is 9.61. The number of ketones is 1. The van der Waals surface area contributed by atoms with E-state index in [4.69, 9.17) is 5.26 Å². The van der Waals surface area contributed by atoms with Gasteiger partial charge in [0.1, 0.15) is 0 Å². The van der Waals surface area contributed by atoms with Gasteiger partial charge in [-0.15, -0.1) is 11.3 Å². The Morgan fingerprint density at radius 3 is 2.85 bits per heavy atom.